The van der Waals surface area contributed by atoms with Gasteiger partial charge in [-0.2, -0.15) is 0 Å². The van der Waals surface area contributed by atoms with Gasteiger partial charge in [0.05, 0.1) is 13.2 Å². The highest BCUT2D eigenvalue weighted by Crippen LogP contribution is 2.18. The fraction of sp³-hybridized carbons (Fsp3) is 0.750. The molecule has 0 aromatic rings. The van der Waals surface area contributed by atoms with Gasteiger partial charge in [0.2, 0.25) is 0 Å². The van der Waals surface area contributed by atoms with E-state index in [1.54, 1.807) is 0 Å². The van der Waals surface area contributed by atoms with Crippen molar-refractivity contribution in [1.82, 2.24) is 0 Å². The van der Waals surface area contributed by atoms with E-state index < -0.39 is 0 Å². The Bertz CT molecular complexity index is 111. The minimum Gasteiger partial charge on any atom is -0.373 e. The summed E-state index contributed by atoms with van der Waals surface area (Å²) in [5, 5.41) is 0. The highest BCUT2D eigenvalue weighted by Gasteiger charge is 2.10. The van der Waals surface area contributed by atoms with Crippen LogP contribution in [-0.4, -0.2) is 13.2 Å². The maximum absolute atomic E-state index is 5.28. The fourth-order valence-electron chi connectivity index (χ4n) is 1.21. The maximum atomic E-state index is 5.28. The Morgan fingerprint density at radius 3 is 1.89 bits per heavy atom. The summed E-state index contributed by atoms with van der Waals surface area (Å²) in [6.07, 6.45) is 2.34. The first-order chi connectivity index (χ1) is 4.38. The van der Waals surface area contributed by atoms with E-state index >= 15 is 0 Å². The highest BCUT2D eigenvalue weighted by atomic mass is 16.5. The van der Waals surface area contributed by atoms with Gasteiger partial charge in [0, 0.05) is 0 Å². The lowest BCUT2D eigenvalue weighted by Crippen LogP contribution is -1.84. The Hall–Kier alpha value is -0.300. The van der Waals surface area contributed by atoms with Gasteiger partial charge in [-0.15, -0.1) is 0 Å². The zero-order valence-electron chi connectivity index (χ0n) is 6.24. The predicted octanol–water partition coefficient (Wildman–Crippen LogP) is 2.13. The zero-order valence-corrected chi connectivity index (χ0v) is 6.24. The smallest absolute Gasteiger partial charge is 0.0684 e. The van der Waals surface area contributed by atoms with E-state index in [4.69, 9.17) is 4.74 Å². The van der Waals surface area contributed by atoms with Crippen molar-refractivity contribution in [3.8, 4) is 0 Å². The van der Waals surface area contributed by atoms with Crippen LogP contribution in [0.5, 0.6) is 0 Å². The quantitative estimate of drug-likeness (QED) is 0.515. The average molecular weight is 126 g/mol. The standard InChI is InChI=1S/C8H14O/c1-3-7-5-9-6-8(7)4-2/h3-6H2,1-2H3. The van der Waals surface area contributed by atoms with Crippen LogP contribution in [0.4, 0.5) is 0 Å². The molecule has 0 saturated carbocycles. The van der Waals surface area contributed by atoms with Crippen molar-refractivity contribution >= 4 is 0 Å². The van der Waals surface area contributed by atoms with Crippen LogP contribution in [0.1, 0.15) is 26.7 Å². The molecule has 1 heterocycles. The number of ether oxygens (including phenoxy) is 1. The molecule has 1 aliphatic heterocycles. The monoisotopic (exact) mass is 126 g/mol. The fourth-order valence-corrected chi connectivity index (χ4v) is 1.21. The Balaban J connectivity index is 2.59. The number of hydrogen-bond donors (Lipinski definition) is 0. The van der Waals surface area contributed by atoms with Gasteiger partial charge in [0.15, 0.2) is 0 Å². The summed E-state index contributed by atoms with van der Waals surface area (Å²) < 4.78 is 5.28. The number of rotatable bonds is 2. The van der Waals surface area contributed by atoms with Gasteiger partial charge in [0.25, 0.3) is 0 Å². The van der Waals surface area contributed by atoms with Gasteiger partial charge < -0.3 is 4.74 Å². The van der Waals surface area contributed by atoms with E-state index in [0.717, 1.165) is 13.2 Å². The van der Waals surface area contributed by atoms with Gasteiger partial charge in [-0.3, -0.25) is 0 Å². The van der Waals surface area contributed by atoms with Crippen molar-refractivity contribution in [2.24, 2.45) is 0 Å². The van der Waals surface area contributed by atoms with Crippen molar-refractivity contribution < 1.29 is 4.74 Å². The van der Waals surface area contributed by atoms with Crippen molar-refractivity contribution in [1.29, 1.82) is 0 Å². The van der Waals surface area contributed by atoms with Gasteiger partial charge in [0.1, 0.15) is 0 Å². The van der Waals surface area contributed by atoms with Crippen LogP contribution in [0.25, 0.3) is 0 Å². The SMILES string of the molecule is CCC1=C(CC)COC1. The molecule has 0 amide bonds. The van der Waals surface area contributed by atoms with Crippen LogP contribution >= 0.6 is 0 Å². The minimum atomic E-state index is 0.889. The third kappa shape index (κ3) is 1.33. The van der Waals surface area contributed by atoms with Gasteiger partial charge in [-0.05, 0) is 24.0 Å². The summed E-state index contributed by atoms with van der Waals surface area (Å²) >= 11 is 0. The van der Waals surface area contributed by atoms with E-state index in [0.29, 0.717) is 0 Å². The second-order valence-corrected chi connectivity index (χ2v) is 2.41. The normalized spacial score (nSPS) is 19.3. The van der Waals surface area contributed by atoms with Crippen molar-refractivity contribution in [2.75, 3.05) is 13.2 Å². The Morgan fingerprint density at radius 2 is 1.56 bits per heavy atom. The Kier molecular flexibility index (Phi) is 2.29. The largest absolute Gasteiger partial charge is 0.373 e. The molecule has 9 heavy (non-hydrogen) atoms. The maximum Gasteiger partial charge on any atom is 0.0684 e. The summed E-state index contributed by atoms with van der Waals surface area (Å²) in [6, 6.07) is 0. The summed E-state index contributed by atoms with van der Waals surface area (Å²) in [5.74, 6) is 0. The molecule has 1 heteroatoms. The molecule has 1 aliphatic rings. The molecule has 0 N–H and O–H groups in total. The zero-order chi connectivity index (χ0) is 6.69. The minimum absolute atomic E-state index is 0.889. The van der Waals surface area contributed by atoms with Crippen molar-refractivity contribution in [3.63, 3.8) is 0 Å². The molecular formula is C8H14O. The average Bonchev–Trinajstić information content (AvgIpc) is 2.33. The van der Waals surface area contributed by atoms with E-state index in [9.17, 15) is 0 Å². The number of hydrogen-bond acceptors (Lipinski definition) is 1. The second kappa shape index (κ2) is 3.02. The summed E-state index contributed by atoms with van der Waals surface area (Å²) in [6.45, 7) is 6.17. The van der Waals surface area contributed by atoms with Gasteiger partial charge in [-0.25, -0.2) is 0 Å². The van der Waals surface area contributed by atoms with Gasteiger partial charge in [-0.1, -0.05) is 13.8 Å². The van der Waals surface area contributed by atoms with Crippen molar-refractivity contribution in [3.05, 3.63) is 11.1 Å². The van der Waals surface area contributed by atoms with Crippen LogP contribution in [0, 0.1) is 0 Å². The molecular weight excluding hydrogens is 112 g/mol. The topological polar surface area (TPSA) is 9.23 Å². The lowest BCUT2D eigenvalue weighted by Gasteiger charge is -1.96. The molecule has 0 radical (unpaired) electrons. The molecule has 0 aliphatic carbocycles. The third-order valence-electron chi connectivity index (χ3n) is 1.91. The second-order valence-electron chi connectivity index (χ2n) is 2.41. The first-order valence-electron chi connectivity index (χ1n) is 3.66. The first-order valence-corrected chi connectivity index (χ1v) is 3.66. The van der Waals surface area contributed by atoms with E-state index in [-0.39, 0.29) is 0 Å². The molecule has 0 aromatic carbocycles. The third-order valence-corrected chi connectivity index (χ3v) is 1.91. The Labute approximate surface area is 56.7 Å². The van der Waals surface area contributed by atoms with E-state index in [1.807, 2.05) is 0 Å². The molecule has 1 nitrogen and oxygen atoms in total. The van der Waals surface area contributed by atoms with E-state index in [2.05, 4.69) is 13.8 Å². The molecule has 0 spiro atoms. The lowest BCUT2D eigenvalue weighted by molar-refractivity contribution is 0.202. The molecule has 0 bridgehead atoms. The highest BCUT2D eigenvalue weighted by molar-refractivity contribution is 5.18. The van der Waals surface area contributed by atoms with Crippen LogP contribution in [-0.2, 0) is 4.74 Å². The van der Waals surface area contributed by atoms with Crippen LogP contribution < -0.4 is 0 Å². The summed E-state index contributed by atoms with van der Waals surface area (Å²) in [4.78, 5) is 0. The Morgan fingerprint density at radius 1 is 1.11 bits per heavy atom. The molecule has 0 aromatic heterocycles. The molecule has 1 rings (SSSR count). The van der Waals surface area contributed by atoms with Crippen LogP contribution in [0.2, 0.25) is 0 Å². The summed E-state index contributed by atoms with van der Waals surface area (Å²) in [7, 11) is 0. The predicted molar refractivity (Wildman–Crippen MR) is 38.4 cm³/mol. The van der Waals surface area contributed by atoms with E-state index in [1.165, 1.54) is 24.0 Å². The summed E-state index contributed by atoms with van der Waals surface area (Å²) in [5.41, 5.74) is 3.05. The first kappa shape index (κ1) is 6.81. The molecule has 0 fully saturated rings. The van der Waals surface area contributed by atoms with Gasteiger partial charge >= 0.3 is 0 Å². The molecule has 0 unspecified atom stereocenters. The molecule has 0 atom stereocenters. The molecule has 52 valence electrons. The van der Waals surface area contributed by atoms with Crippen LogP contribution in [0.3, 0.4) is 0 Å². The van der Waals surface area contributed by atoms with Crippen molar-refractivity contribution in [2.45, 2.75) is 26.7 Å². The lowest BCUT2D eigenvalue weighted by atomic mass is 10.1. The molecule has 0 saturated heterocycles. The van der Waals surface area contributed by atoms with Crippen LogP contribution in [0.15, 0.2) is 11.1 Å².